The van der Waals surface area contributed by atoms with E-state index < -0.39 is 24.7 Å². The molecule has 1 atom stereocenters. The Morgan fingerprint density at radius 1 is 1.15 bits per heavy atom. The Morgan fingerprint density at radius 2 is 1.94 bits per heavy atom. The molecule has 9 nitrogen and oxygen atoms in total. The van der Waals surface area contributed by atoms with E-state index in [0.29, 0.717) is 16.9 Å². The number of nitrogens with zero attached hydrogens (tertiary/aromatic N) is 5. The lowest BCUT2D eigenvalue weighted by Crippen LogP contribution is -2.35. The number of rotatable bonds is 6. The molecule has 12 heteroatoms. The zero-order chi connectivity index (χ0) is 24.5. The number of aromatic nitrogens is 5. The number of aryl methyl sites for hydroxylation is 1. The van der Waals surface area contributed by atoms with E-state index in [9.17, 15) is 23.1 Å². The highest BCUT2D eigenvalue weighted by molar-refractivity contribution is 5.94. The Bertz CT molecular complexity index is 1330. The van der Waals surface area contributed by atoms with Crippen LogP contribution in [0, 0.1) is 6.92 Å². The lowest BCUT2D eigenvalue weighted by atomic mass is 10.1. The molecular weight excluding hydrogens is 451 g/mol. The van der Waals surface area contributed by atoms with Crippen molar-refractivity contribution in [3.8, 4) is 5.82 Å². The quantitative estimate of drug-likeness (QED) is 0.393. The summed E-state index contributed by atoms with van der Waals surface area (Å²) in [7, 11) is 0. The van der Waals surface area contributed by atoms with Crippen molar-refractivity contribution in [2.75, 3.05) is 11.9 Å². The lowest BCUT2D eigenvalue weighted by molar-refractivity contribution is -0.123. The molecule has 0 aliphatic carbocycles. The van der Waals surface area contributed by atoms with E-state index in [0.717, 1.165) is 11.4 Å². The molecule has 0 aliphatic heterocycles. The summed E-state index contributed by atoms with van der Waals surface area (Å²) in [6.45, 7) is 1.73. The van der Waals surface area contributed by atoms with E-state index in [4.69, 9.17) is 0 Å². The fourth-order valence-electron chi connectivity index (χ4n) is 3.26. The number of aliphatic hydroxyl groups is 1. The van der Waals surface area contributed by atoms with Crippen molar-refractivity contribution < 1.29 is 23.1 Å². The zero-order valence-corrected chi connectivity index (χ0v) is 18.1. The number of aliphatic hydroxyl groups excluding tert-OH is 1. The third-order valence-electron chi connectivity index (χ3n) is 4.89. The first kappa shape index (κ1) is 23.1. The van der Waals surface area contributed by atoms with Gasteiger partial charge < -0.3 is 15.7 Å². The van der Waals surface area contributed by atoms with Crippen LogP contribution in [-0.2, 0) is 0 Å². The number of pyridine rings is 1. The second-order valence-electron chi connectivity index (χ2n) is 7.58. The molecule has 3 N–H and O–H groups in total. The van der Waals surface area contributed by atoms with E-state index in [-0.39, 0.29) is 17.1 Å². The second-order valence-corrected chi connectivity index (χ2v) is 7.58. The lowest BCUT2D eigenvalue weighted by Gasteiger charge is -2.14. The fourth-order valence-corrected chi connectivity index (χ4v) is 3.26. The molecule has 1 aromatic carbocycles. The van der Waals surface area contributed by atoms with Gasteiger partial charge in [0.25, 0.3) is 5.91 Å². The average Bonchev–Trinajstić information content (AvgIpc) is 3.21. The highest BCUT2D eigenvalue weighted by Gasteiger charge is 2.29. The fraction of sp³-hybridized carbons (Fsp3) is 0.227. The highest BCUT2D eigenvalue weighted by Crippen LogP contribution is 2.25. The summed E-state index contributed by atoms with van der Waals surface area (Å²) in [5, 5.41) is 22.9. The van der Waals surface area contributed by atoms with Crippen LogP contribution >= 0.6 is 0 Å². The molecule has 1 amide bonds. The predicted molar refractivity (Wildman–Crippen MR) is 118 cm³/mol. The van der Waals surface area contributed by atoms with Crippen molar-refractivity contribution in [1.29, 1.82) is 0 Å². The van der Waals surface area contributed by atoms with E-state index >= 15 is 0 Å². The third-order valence-corrected chi connectivity index (χ3v) is 4.89. The number of hydrogen-bond acceptors (Lipinski definition) is 7. The third kappa shape index (κ3) is 5.12. The van der Waals surface area contributed by atoms with Gasteiger partial charge in [-0.05, 0) is 50.2 Å². The SMILES string of the molecule is Cc1ccc(Nc2ccc3c(c2)ncn3-c2ccc(C(C)O)c(C(=O)NCC(F)(F)F)n2)nn1. The molecule has 3 heterocycles. The van der Waals surface area contributed by atoms with E-state index in [1.54, 1.807) is 40.2 Å². The van der Waals surface area contributed by atoms with Crippen molar-refractivity contribution >= 4 is 28.4 Å². The summed E-state index contributed by atoms with van der Waals surface area (Å²) in [4.78, 5) is 21.0. The van der Waals surface area contributed by atoms with Crippen LogP contribution in [0.5, 0.6) is 0 Å². The van der Waals surface area contributed by atoms with Crippen molar-refractivity contribution in [1.82, 2.24) is 30.0 Å². The standard InChI is InChI=1S/C22H20F3N7O2/c1-12-3-7-18(31-30-12)28-14-4-6-17-16(9-14)27-11-32(17)19-8-5-15(13(2)33)20(29-19)21(34)26-10-22(23,24)25/h3-9,11,13,33H,10H2,1-2H3,(H,26,34)(H,28,31). The molecule has 4 rings (SSSR count). The maximum Gasteiger partial charge on any atom is 0.405 e. The van der Waals surface area contributed by atoms with Crippen LogP contribution in [0.4, 0.5) is 24.7 Å². The maximum atomic E-state index is 12.5. The van der Waals surface area contributed by atoms with Gasteiger partial charge in [-0.3, -0.25) is 9.36 Å². The van der Waals surface area contributed by atoms with E-state index in [1.165, 1.54) is 19.3 Å². The topological polar surface area (TPSA) is 118 Å². The summed E-state index contributed by atoms with van der Waals surface area (Å²) in [5.41, 5.74) is 2.59. The van der Waals surface area contributed by atoms with Crippen molar-refractivity contribution in [3.63, 3.8) is 0 Å². The van der Waals surface area contributed by atoms with Crippen LogP contribution in [0.2, 0.25) is 0 Å². The number of nitrogens with one attached hydrogen (secondary N) is 2. The van der Waals surface area contributed by atoms with Crippen LogP contribution in [0.1, 0.15) is 34.8 Å². The zero-order valence-electron chi connectivity index (χ0n) is 18.1. The molecule has 0 spiro atoms. The Labute approximate surface area is 191 Å². The number of hydrogen-bond donors (Lipinski definition) is 3. The maximum absolute atomic E-state index is 12.5. The Morgan fingerprint density at radius 3 is 2.62 bits per heavy atom. The second kappa shape index (κ2) is 9.06. The number of fused-ring (bicyclic) bond motifs is 1. The normalized spacial score (nSPS) is 12.5. The van der Waals surface area contributed by atoms with Gasteiger partial charge in [0.1, 0.15) is 24.4 Å². The van der Waals surface area contributed by atoms with Gasteiger partial charge in [-0.1, -0.05) is 6.07 Å². The Balaban J connectivity index is 1.65. The van der Waals surface area contributed by atoms with E-state index in [1.807, 2.05) is 13.0 Å². The first-order valence-electron chi connectivity index (χ1n) is 10.2. The first-order valence-corrected chi connectivity index (χ1v) is 10.2. The molecule has 0 fully saturated rings. The molecule has 0 saturated carbocycles. The van der Waals surface area contributed by atoms with Gasteiger partial charge in [0, 0.05) is 11.3 Å². The molecule has 3 aromatic heterocycles. The summed E-state index contributed by atoms with van der Waals surface area (Å²) in [5.74, 6) is -0.214. The van der Waals surface area contributed by atoms with E-state index in [2.05, 4.69) is 25.5 Å². The number of anilines is 2. The summed E-state index contributed by atoms with van der Waals surface area (Å²) >= 11 is 0. The molecule has 1 unspecified atom stereocenters. The molecule has 0 bridgehead atoms. The summed E-state index contributed by atoms with van der Waals surface area (Å²) in [6.07, 6.45) is -4.19. The molecule has 176 valence electrons. The largest absolute Gasteiger partial charge is 0.405 e. The number of carbonyl (C=O) groups excluding carboxylic acids is 1. The summed E-state index contributed by atoms with van der Waals surface area (Å²) in [6, 6.07) is 12.0. The van der Waals surface area contributed by atoms with Gasteiger partial charge in [0.15, 0.2) is 5.82 Å². The minimum absolute atomic E-state index is 0.110. The molecular formula is C22H20F3N7O2. The molecule has 0 saturated heterocycles. The van der Waals surface area contributed by atoms with Crippen molar-refractivity contribution in [2.24, 2.45) is 0 Å². The van der Waals surface area contributed by atoms with Gasteiger partial charge in [-0.15, -0.1) is 5.10 Å². The average molecular weight is 471 g/mol. The number of halogens is 3. The van der Waals surface area contributed by atoms with Crippen molar-refractivity contribution in [2.45, 2.75) is 26.1 Å². The number of carbonyl (C=O) groups is 1. The van der Waals surface area contributed by atoms with Crippen LogP contribution in [-0.4, -0.2) is 48.5 Å². The van der Waals surface area contributed by atoms with Gasteiger partial charge >= 0.3 is 6.18 Å². The number of amides is 1. The van der Waals surface area contributed by atoms with Crippen LogP contribution in [0.25, 0.3) is 16.9 Å². The predicted octanol–water partition coefficient (Wildman–Crippen LogP) is 3.61. The molecule has 4 aromatic rings. The molecule has 0 aliphatic rings. The van der Waals surface area contributed by atoms with Gasteiger partial charge in [0.2, 0.25) is 0 Å². The Hall–Kier alpha value is -4.06. The number of alkyl halides is 3. The molecule has 0 radical (unpaired) electrons. The van der Waals surface area contributed by atoms with Gasteiger partial charge in [-0.25, -0.2) is 9.97 Å². The molecule has 34 heavy (non-hydrogen) atoms. The van der Waals surface area contributed by atoms with Crippen LogP contribution in [0.3, 0.4) is 0 Å². The number of imidazole rings is 1. The smallest absolute Gasteiger partial charge is 0.389 e. The van der Waals surface area contributed by atoms with Crippen molar-refractivity contribution in [3.05, 3.63) is 65.7 Å². The number of benzene rings is 1. The monoisotopic (exact) mass is 471 g/mol. The van der Waals surface area contributed by atoms with Gasteiger partial charge in [-0.2, -0.15) is 18.3 Å². The van der Waals surface area contributed by atoms with Gasteiger partial charge in [0.05, 0.1) is 22.8 Å². The highest BCUT2D eigenvalue weighted by atomic mass is 19.4. The van der Waals surface area contributed by atoms with Crippen LogP contribution in [0.15, 0.2) is 48.8 Å². The first-order chi connectivity index (χ1) is 16.1. The minimum atomic E-state index is -4.57. The summed E-state index contributed by atoms with van der Waals surface area (Å²) < 4.78 is 39.2. The Kier molecular flexibility index (Phi) is 6.16. The minimum Gasteiger partial charge on any atom is -0.389 e. The van der Waals surface area contributed by atoms with Crippen LogP contribution < -0.4 is 10.6 Å².